The first-order valence-corrected chi connectivity index (χ1v) is 10.5. The Hall–Kier alpha value is -2.78. The number of hydrogen-bond donors (Lipinski definition) is 1. The van der Waals surface area contributed by atoms with Crippen molar-refractivity contribution in [2.45, 2.75) is 4.90 Å². The van der Waals surface area contributed by atoms with Crippen LogP contribution in [-0.4, -0.2) is 21.0 Å². The SMILES string of the molecule is C=S(=O)(NC(=O)c1cncc(C#Cc2ccccc2)c1)c1cc(Cl)cc(Cl)c1. The van der Waals surface area contributed by atoms with Crippen molar-refractivity contribution in [1.82, 2.24) is 9.71 Å². The zero-order valence-electron chi connectivity index (χ0n) is 14.5. The van der Waals surface area contributed by atoms with E-state index < -0.39 is 15.6 Å². The van der Waals surface area contributed by atoms with E-state index in [1.54, 1.807) is 12.3 Å². The number of carbonyl (C=O) groups is 1. The summed E-state index contributed by atoms with van der Waals surface area (Å²) in [5, 5.41) is 0.598. The minimum atomic E-state index is -3.15. The maximum absolute atomic E-state index is 12.9. The van der Waals surface area contributed by atoms with E-state index >= 15 is 0 Å². The van der Waals surface area contributed by atoms with Gasteiger partial charge in [0.25, 0.3) is 5.91 Å². The fourth-order valence-corrected chi connectivity index (χ4v) is 4.11. The van der Waals surface area contributed by atoms with Crippen LogP contribution in [0.25, 0.3) is 0 Å². The molecule has 4 nitrogen and oxygen atoms in total. The fourth-order valence-electron chi connectivity index (χ4n) is 2.28. The van der Waals surface area contributed by atoms with Crippen LogP contribution in [0.5, 0.6) is 0 Å². The maximum Gasteiger partial charge on any atom is 0.264 e. The average Bonchev–Trinajstić information content (AvgIpc) is 2.66. The first-order chi connectivity index (χ1) is 13.3. The van der Waals surface area contributed by atoms with Crippen LogP contribution in [0, 0.1) is 11.8 Å². The van der Waals surface area contributed by atoms with E-state index in [9.17, 15) is 9.00 Å². The summed E-state index contributed by atoms with van der Waals surface area (Å²) in [5.41, 5.74) is 1.61. The van der Waals surface area contributed by atoms with E-state index in [2.05, 4.69) is 27.4 Å². The lowest BCUT2D eigenvalue weighted by Crippen LogP contribution is -2.30. The number of nitrogens with one attached hydrogen (secondary N) is 1. The molecule has 0 aliphatic heterocycles. The van der Waals surface area contributed by atoms with Crippen LogP contribution in [0.1, 0.15) is 21.5 Å². The zero-order valence-corrected chi connectivity index (χ0v) is 16.8. The van der Waals surface area contributed by atoms with E-state index in [0.29, 0.717) is 15.6 Å². The van der Waals surface area contributed by atoms with Crippen LogP contribution in [0.15, 0.2) is 71.9 Å². The van der Waals surface area contributed by atoms with E-state index in [0.717, 1.165) is 5.56 Å². The Morgan fingerprint density at radius 2 is 1.61 bits per heavy atom. The summed E-state index contributed by atoms with van der Waals surface area (Å²) in [6, 6.07) is 15.4. The minimum absolute atomic E-state index is 0.212. The molecule has 0 spiro atoms. The van der Waals surface area contributed by atoms with Gasteiger partial charge in [-0.15, -0.1) is 0 Å². The highest BCUT2D eigenvalue weighted by atomic mass is 35.5. The fraction of sp³-hybridized carbons (Fsp3) is 0. The lowest BCUT2D eigenvalue weighted by molar-refractivity contribution is 0.0982. The Labute approximate surface area is 173 Å². The quantitative estimate of drug-likeness (QED) is 0.501. The van der Waals surface area contributed by atoms with Gasteiger partial charge >= 0.3 is 0 Å². The molecule has 28 heavy (non-hydrogen) atoms. The smallest absolute Gasteiger partial charge is 0.264 e. The number of benzene rings is 2. The molecule has 1 aromatic heterocycles. The Morgan fingerprint density at radius 3 is 2.29 bits per heavy atom. The van der Waals surface area contributed by atoms with Gasteiger partial charge in [-0.1, -0.05) is 53.2 Å². The summed E-state index contributed by atoms with van der Waals surface area (Å²) in [4.78, 5) is 16.8. The number of rotatable bonds is 3. The third-order valence-electron chi connectivity index (χ3n) is 3.60. The van der Waals surface area contributed by atoms with Crippen LogP contribution in [0.2, 0.25) is 10.0 Å². The highest BCUT2D eigenvalue weighted by Crippen LogP contribution is 2.22. The number of amides is 1. The molecule has 1 heterocycles. The standard InChI is InChI=1S/C21H14Cl2N2O2S/c1-28(27,20-11-18(22)10-19(23)12-20)25-21(26)17-9-16(13-24-14-17)8-7-15-5-3-2-4-6-15/h2-6,9-14H,1H2,(H,25,26,27). The Balaban J connectivity index is 1.82. The highest BCUT2D eigenvalue weighted by molar-refractivity contribution is 7.99. The number of halogens is 2. The summed E-state index contributed by atoms with van der Waals surface area (Å²) in [5.74, 6) is 8.97. The molecule has 0 saturated heterocycles. The molecule has 0 fully saturated rings. The second-order valence-electron chi connectivity index (χ2n) is 5.79. The molecule has 1 N–H and O–H groups in total. The molecule has 0 bridgehead atoms. The number of aromatic nitrogens is 1. The molecule has 0 aliphatic carbocycles. The molecule has 0 saturated carbocycles. The molecule has 2 aromatic carbocycles. The Kier molecular flexibility index (Phi) is 6.05. The van der Waals surface area contributed by atoms with Gasteiger partial charge in [-0.3, -0.25) is 14.5 Å². The summed E-state index contributed by atoms with van der Waals surface area (Å²) < 4.78 is 15.3. The van der Waals surface area contributed by atoms with E-state index in [-0.39, 0.29) is 10.5 Å². The van der Waals surface area contributed by atoms with Crippen molar-refractivity contribution in [3.63, 3.8) is 0 Å². The van der Waals surface area contributed by atoms with Crippen LogP contribution < -0.4 is 4.72 Å². The van der Waals surface area contributed by atoms with Crippen molar-refractivity contribution >= 4 is 44.7 Å². The second-order valence-corrected chi connectivity index (χ2v) is 8.69. The maximum atomic E-state index is 12.9. The largest absolute Gasteiger partial charge is 0.275 e. The van der Waals surface area contributed by atoms with Gasteiger partial charge in [-0.2, -0.15) is 0 Å². The number of carbonyl (C=O) groups excluding carboxylic acids is 1. The minimum Gasteiger partial charge on any atom is -0.275 e. The zero-order chi connectivity index (χ0) is 20.1. The van der Waals surface area contributed by atoms with Gasteiger partial charge in [-0.05, 0) is 42.3 Å². The Bertz CT molecular complexity index is 1180. The topological polar surface area (TPSA) is 59.1 Å². The molecule has 0 radical (unpaired) electrons. The number of hydrogen-bond acceptors (Lipinski definition) is 3. The summed E-state index contributed by atoms with van der Waals surface area (Å²) >= 11 is 11.9. The van der Waals surface area contributed by atoms with Crippen LogP contribution in [-0.2, 0) is 9.71 Å². The van der Waals surface area contributed by atoms with Crippen molar-refractivity contribution < 1.29 is 9.00 Å². The molecule has 1 atom stereocenters. The molecule has 1 amide bonds. The van der Waals surface area contributed by atoms with Gasteiger partial charge in [0.1, 0.15) is 0 Å². The van der Waals surface area contributed by atoms with Crippen molar-refractivity contribution in [2.75, 3.05) is 0 Å². The van der Waals surface area contributed by atoms with E-state index in [4.69, 9.17) is 23.2 Å². The third kappa shape index (κ3) is 5.14. The van der Waals surface area contributed by atoms with Gasteiger partial charge in [0, 0.05) is 33.6 Å². The molecule has 3 rings (SSSR count). The van der Waals surface area contributed by atoms with Gasteiger partial charge < -0.3 is 0 Å². The van der Waals surface area contributed by atoms with Crippen molar-refractivity contribution in [3.05, 3.63) is 93.7 Å². The summed E-state index contributed by atoms with van der Waals surface area (Å²) in [6.07, 6.45) is 2.91. The molecular formula is C21H14Cl2N2O2S. The summed E-state index contributed by atoms with van der Waals surface area (Å²) in [6.45, 7) is 0. The molecule has 7 heteroatoms. The molecular weight excluding hydrogens is 415 g/mol. The van der Waals surface area contributed by atoms with Gasteiger partial charge in [-0.25, -0.2) is 4.21 Å². The van der Waals surface area contributed by atoms with Gasteiger partial charge in [0.15, 0.2) is 0 Å². The third-order valence-corrected chi connectivity index (χ3v) is 5.55. The molecule has 3 aromatic rings. The summed E-state index contributed by atoms with van der Waals surface area (Å²) in [7, 11) is -3.15. The van der Waals surface area contributed by atoms with E-state index in [1.807, 2.05) is 30.3 Å². The first-order valence-electron chi connectivity index (χ1n) is 8.01. The lowest BCUT2D eigenvalue weighted by atomic mass is 10.2. The Morgan fingerprint density at radius 1 is 0.964 bits per heavy atom. The molecule has 0 aliphatic rings. The predicted octanol–water partition coefficient (Wildman–Crippen LogP) is 4.21. The number of nitrogens with zero attached hydrogens (tertiary/aromatic N) is 1. The van der Waals surface area contributed by atoms with Crippen molar-refractivity contribution in [3.8, 4) is 11.8 Å². The normalized spacial score (nSPS) is 12.4. The highest BCUT2D eigenvalue weighted by Gasteiger charge is 2.15. The molecule has 1 unspecified atom stereocenters. The second kappa shape index (κ2) is 8.49. The van der Waals surface area contributed by atoms with Crippen LogP contribution >= 0.6 is 23.2 Å². The number of pyridine rings is 1. The first kappa shape index (κ1) is 20.0. The predicted molar refractivity (Wildman–Crippen MR) is 114 cm³/mol. The van der Waals surface area contributed by atoms with E-state index in [1.165, 1.54) is 24.4 Å². The van der Waals surface area contributed by atoms with Gasteiger partial charge in [0.05, 0.1) is 20.2 Å². The van der Waals surface area contributed by atoms with Crippen molar-refractivity contribution in [2.24, 2.45) is 0 Å². The lowest BCUT2D eigenvalue weighted by Gasteiger charge is -2.12. The van der Waals surface area contributed by atoms with Crippen LogP contribution in [0.4, 0.5) is 0 Å². The molecule has 140 valence electrons. The van der Waals surface area contributed by atoms with Crippen molar-refractivity contribution in [1.29, 1.82) is 0 Å². The monoisotopic (exact) mass is 428 g/mol. The average molecular weight is 429 g/mol. The van der Waals surface area contributed by atoms with Gasteiger partial charge in [0.2, 0.25) is 0 Å². The van der Waals surface area contributed by atoms with Crippen LogP contribution in [0.3, 0.4) is 0 Å².